The maximum atomic E-state index is 11.8. The minimum atomic E-state index is -0.349. The molecule has 0 spiro atoms. The van der Waals surface area contributed by atoms with Gasteiger partial charge in [0.1, 0.15) is 5.69 Å². The predicted octanol–water partition coefficient (Wildman–Crippen LogP) is 1.52. The van der Waals surface area contributed by atoms with Crippen molar-refractivity contribution in [1.82, 2.24) is 4.98 Å². The molecule has 16 heavy (non-hydrogen) atoms. The molecule has 0 saturated heterocycles. The van der Waals surface area contributed by atoms with Crippen molar-refractivity contribution in [3.05, 3.63) is 41.2 Å². The molecule has 80 valence electrons. The van der Waals surface area contributed by atoms with Crippen molar-refractivity contribution in [1.29, 1.82) is 0 Å². The van der Waals surface area contributed by atoms with Gasteiger partial charge in [-0.2, -0.15) is 0 Å². The highest BCUT2D eigenvalue weighted by Crippen LogP contribution is 2.23. The quantitative estimate of drug-likeness (QED) is 0.494. The molecule has 0 aliphatic rings. The summed E-state index contributed by atoms with van der Waals surface area (Å²) in [7, 11) is 0. The first kappa shape index (κ1) is 10.5. The van der Waals surface area contributed by atoms with Crippen LogP contribution in [0.5, 0.6) is 0 Å². The Morgan fingerprint density at radius 2 is 2.25 bits per heavy atom. The summed E-state index contributed by atoms with van der Waals surface area (Å²) in [6.07, 6.45) is 3.09. The van der Waals surface area contributed by atoms with Gasteiger partial charge in [-0.15, -0.1) is 11.3 Å². The molecular formula is C11H8N2O2S. The number of allylic oxidation sites excluding steroid dienone is 2. The van der Waals surface area contributed by atoms with Crippen LogP contribution in [0.4, 0.5) is 0 Å². The van der Waals surface area contributed by atoms with Gasteiger partial charge in [-0.05, 0) is 22.9 Å². The van der Waals surface area contributed by atoms with Gasteiger partial charge in [0.2, 0.25) is 5.78 Å². The van der Waals surface area contributed by atoms with Crippen LogP contribution < -0.4 is 5.73 Å². The molecule has 4 nitrogen and oxygen atoms in total. The lowest BCUT2D eigenvalue weighted by Gasteiger charge is -1.97. The van der Waals surface area contributed by atoms with E-state index < -0.39 is 0 Å². The highest BCUT2D eigenvalue weighted by Gasteiger charge is 2.10. The Hall–Kier alpha value is -2.01. The third-order valence-electron chi connectivity index (χ3n) is 2.04. The number of carbonyl (C=O) groups excluding carboxylic acids is 2. The minimum absolute atomic E-state index is 0.0969. The van der Waals surface area contributed by atoms with E-state index in [4.69, 9.17) is 5.73 Å². The Bertz CT molecular complexity index is 586. The topological polar surface area (TPSA) is 73.1 Å². The zero-order valence-corrected chi connectivity index (χ0v) is 9.03. The first-order valence-corrected chi connectivity index (χ1v) is 5.39. The van der Waals surface area contributed by atoms with Crippen molar-refractivity contribution in [3.63, 3.8) is 0 Å². The van der Waals surface area contributed by atoms with Gasteiger partial charge in [0, 0.05) is 12.3 Å². The van der Waals surface area contributed by atoms with Crippen LogP contribution in [0.15, 0.2) is 35.5 Å². The number of hydrogen-bond donors (Lipinski definition) is 1. The molecule has 0 amide bonds. The molecule has 5 heteroatoms. The monoisotopic (exact) mass is 232 g/mol. The fourth-order valence-corrected chi connectivity index (χ4v) is 2.21. The molecule has 2 heterocycles. The Labute approximate surface area is 95.4 Å². The number of aromatic nitrogens is 1. The van der Waals surface area contributed by atoms with Crippen LogP contribution in [0.3, 0.4) is 0 Å². The van der Waals surface area contributed by atoms with E-state index in [-0.39, 0.29) is 11.5 Å². The molecule has 0 saturated carbocycles. The van der Waals surface area contributed by atoms with E-state index in [1.165, 1.54) is 11.3 Å². The van der Waals surface area contributed by atoms with Crippen molar-refractivity contribution in [2.45, 2.75) is 0 Å². The molecule has 2 aromatic heterocycles. The van der Waals surface area contributed by atoms with Gasteiger partial charge in [-0.1, -0.05) is 0 Å². The third-order valence-corrected chi connectivity index (χ3v) is 2.97. The van der Waals surface area contributed by atoms with Gasteiger partial charge in [0.25, 0.3) is 0 Å². The number of hydrogen-bond acceptors (Lipinski definition) is 5. The van der Waals surface area contributed by atoms with Gasteiger partial charge in [-0.3, -0.25) is 14.6 Å². The van der Waals surface area contributed by atoms with E-state index in [9.17, 15) is 9.59 Å². The first-order valence-electron chi connectivity index (χ1n) is 4.51. The van der Waals surface area contributed by atoms with E-state index in [1.54, 1.807) is 6.20 Å². The van der Waals surface area contributed by atoms with Crippen LogP contribution in [0.25, 0.3) is 10.1 Å². The molecule has 0 radical (unpaired) electrons. The second-order valence-corrected chi connectivity index (χ2v) is 4.04. The van der Waals surface area contributed by atoms with E-state index >= 15 is 0 Å². The number of thiophene rings is 1. The normalized spacial score (nSPS) is 11.6. The summed E-state index contributed by atoms with van der Waals surface area (Å²) >= 11 is 1.44. The summed E-state index contributed by atoms with van der Waals surface area (Å²) in [4.78, 5) is 26.1. The van der Waals surface area contributed by atoms with Crippen molar-refractivity contribution < 1.29 is 9.59 Å². The zero-order valence-electron chi connectivity index (χ0n) is 8.21. The van der Waals surface area contributed by atoms with Crippen molar-refractivity contribution in [3.8, 4) is 0 Å². The fraction of sp³-hybridized carbons (Fsp3) is 0. The van der Waals surface area contributed by atoms with E-state index in [1.807, 2.05) is 17.5 Å². The SMILES string of the molecule is N/C(C=O)=C\C(=O)c1nccc2ccsc12. The Morgan fingerprint density at radius 1 is 1.44 bits per heavy atom. The molecule has 0 fully saturated rings. The van der Waals surface area contributed by atoms with Crippen LogP contribution in [0.1, 0.15) is 10.5 Å². The largest absolute Gasteiger partial charge is 0.396 e. The zero-order chi connectivity index (χ0) is 11.5. The van der Waals surface area contributed by atoms with Crippen LogP contribution in [0, 0.1) is 0 Å². The molecule has 0 unspecified atom stereocenters. The van der Waals surface area contributed by atoms with E-state index in [2.05, 4.69) is 4.98 Å². The number of aldehydes is 1. The molecule has 0 aromatic carbocycles. The summed E-state index contributed by atoms with van der Waals surface area (Å²) < 4.78 is 0.808. The van der Waals surface area contributed by atoms with Crippen molar-refractivity contribution in [2.24, 2.45) is 5.73 Å². The van der Waals surface area contributed by atoms with E-state index in [0.29, 0.717) is 12.0 Å². The fourth-order valence-electron chi connectivity index (χ4n) is 1.32. The van der Waals surface area contributed by atoms with Crippen LogP contribution in [-0.4, -0.2) is 17.1 Å². The van der Waals surface area contributed by atoms with Crippen LogP contribution in [-0.2, 0) is 4.79 Å². The van der Waals surface area contributed by atoms with Gasteiger partial charge < -0.3 is 5.73 Å². The lowest BCUT2D eigenvalue weighted by Crippen LogP contribution is -2.05. The number of rotatable bonds is 3. The Morgan fingerprint density at radius 3 is 3.00 bits per heavy atom. The van der Waals surface area contributed by atoms with E-state index in [0.717, 1.165) is 16.2 Å². The summed E-state index contributed by atoms with van der Waals surface area (Å²) in [5.74, 6) is -0.349. The third kappa shape index (κ3) is 1.85. The summed E-state index contributed by atoms with van der Waals surface area (Å²) in [5, 5.41) is 2.84. The number of nitrogens with two attached hydrogens (primary N) is 1. The smallest absolute Gasteiger partial charge is 0.207 e. The average Bonchev–Trinajstić information content (AvgIpc) is 2.76. The summed E-state index contributed by atoms with van der Waals surface area (Å²) in [6.45, 7) is 0. The number of carbonyl (C=O) groups is 2. The number of fused-ring (bicyclic) bond motifs is 1. The molecule has 2 rings (SSSR count). The average molecular weight is 232 g/mol. The molecule has 0 atom stereocenters. The second kappa shape index (κ2) is 4.24. The van der Waals surface area contributed by atoms with Crippen LogP contribution >= 0.6 is 11.3 Å². The second-order valence-electron chi connectivity index (χ2n) is 3.12. The molecule has 0 bridgehead atoms. The summed E-state index contributed by atoms with van der Waals surface area (Å²) in [6, 6.07) is 3.74. The molecule has 2 N–H and O–H groups in total. The molecule has 2 aromatic rings. The molecular weight excluding hydrogens is 224 g/mol. The number of nitrogens with zero attached hydrogens (tertiary/aromatic N) is 1. The Kier molecular flexibility index (Phi) is 2.78. The standard InChI is InChI=1S/C11H8N2O2S/c12-8(6-14)5-9(15)10-11-7(1-3-13-10)2-4-16-11/h1-6H,12H2/b8-5-. The van der Waals surface area contributed by atoms with Crippen LogP contribution in [0.2, 0.25) is 0 Å². The maximum absolute atomic E-state index is 11.8. The highest BCUT2D eigenvalue weighted by molar-refractivity contribution is 7.17. The molecule has 0 aliphatic carbocycles. The Balaban J connectivity index is 2.51. The van der Waals surface area contributed by atoms with Gasteiger partial charge in [0.15, 0.2) is 6.29 Å². The molecule has 0 aliphatic heterocycles. The number of pyridine rings is 1. The minimum Gasteiger partial charge on any atom is -0.396 e. The lowest BCUT2D eigenvalue weighted by molar-refractivity contribution is -0.105. The highest BCUT2D eigenvalue weighted by atomic mass is 32.1. The lowest BCUT2D eigenvalue weighted by atomic mass is 10.2. The number of ketones is 1. The summed E-state index contributed by atoms with van der Waals surface area (Å²) in [5.41, 5.74) is 5.51. The van der Waals surface area contributed by atoms with Crippen molar-refractivity contribution in [2.75, 3.05) is 0 Å². The van der Waals surface area contributed by atoms with Gasteiger partial charge in [0.05, 0.1) is 10.4 Å². The van der Waals surface area contributed by atoms with Crippen molar-refractivity contribution >= 4 is 33.5 Å². The van der Waals surface area contributed by atoms with Gasteiger partial charge in [-0.25, -0.2) is 0 Å². The van der Waals surface area contributed by atoms with Gasteiger partial charge >= 0.3 is 0 Å². The predicted molar refractivity (Wildman–Crippen MR) is 62.3 cm³/mol. The maximum Gasteiger partial charge on any atom is 0.207 e. The first-order chi connectivity index (χ1) is 7.72.